The minimum atomic E-state index is -4.78. The van der Waals surface area contributed by atoms with E-state index in [1.807, 2.05) is 0 Å². The third kappa shape index (κ3) is 4.36. The van der Waals surface area contributed by atoms with Crippen LogP contribution >= 0.6 is 0 Å². The average molecular weight is 405 g/mol. The summed E-state index contributed by atoms with van der Waals surface area (Å²) in [4.78, 5) is 39.1. The molecule has 0 aromatic carbocycles. The van der Waals surface area contributed by atoms with E-state index in [4.69, 9.17) is 0 Å². The Hall–Kier alpha value is -3.83. The number of pyridine rings is 1. The number of hydrogen-bond donors (Lipinski definition) is 2. The number of nitrogens with one attached hydrogen (secondary N) is 2. The van der Waals surface area contributed by atoms with Gasteiger partial charge < -0.3 is 15.2 Å². The van der Waals surface area contributed by atoms with Gasteiger partial charge in [0.15, 0.2) is 5.82 Å². The van der Waals surface area contributed by atoms with Gasteiger partial charge in [-0.2, -0.15) is 13.2 Å². The van der Waals surface area contributed by atoms with E-state index in [0.717, 1.165) is 0 Å². The number of amides is 2. The van der Waals surface area contributed by atoms with Gasteiger partial charge in [-0.25, -0.2) is 19.9 Å². The van der Waals surface area contributed by atoms with Crippen LogP contribution in [-0.2, 0) is 13.2 Å². The van der Waals surface area contributed by atoms with Crippen molar-refractivity contribution in [3.8, 4) is 11.5 Å². The molecular formula is C17H14F3N7O2. The molecule has 3 aromatic rings. The maximum Gasteiger partial charge on any atom is 0.433 e. The van der Waals surface area contributed by atoms with E-state index < -0.39 is 29.4 Å². The molecular weight excluding hydrogens is 391 g/mol. The van der Waals surface area contributed by atoms with Crippen LogP contribution in [0.2, 0.25) is 0 Å². The van der Waals surface area contributed by atoms with Crippen LogP contribution in [0.3, 0.4) is 0 Å². The van der Waals surface area contributed by atoms with Crippen molar-refractivity contribution in [2.24, 2.45) is 7.05 Å². The fourth-order valence-corrected chi connectivity index (χ4v) is 2.32. The highest BCUT2D eigenvalue weighted by Crippen LogP contribution is 2.29. The fourth-order valence-electron chi connectivity index (χ4n) is 2.32. The van der Waals surface area contributed by atoms with Gasteiger partial charge in [-0.3, -0.25) is 9.59 Å². The van der Waals surface area contributed by atoms with Crippen LogP contribution in [0.1, 0.15) is 26.7 Å². The van der Waals surface area contributed by atoms with Gasteiger partial charge >= 0.3 is 6.18 Å². The molecule has 2 amide bonds. The first-order valence-corrected chi connectivity index (χ1v) is 8.11. The van der Waals surface area contributed by atoms with Crippen molar-refractivity contribution in [1.82, 2.24) is 29.8 Å². The lowest BCUT2D eigenvalue weighted by Gasteiger charge is -2.11. The summed E-state index contributed by atoms with van der Waals surface area (Å²) >= 11 is 0. The number of aromatic nitrogens is 5. The van der Waals surface area contributed by atoms with Gasteiger partial charge in [0.25, 0.3) is 11.8 Å². The van der Waals surface area contributed by atoms with Crippen LogP contribution in [0.15, 0.2) is 36.9 Å². The highest BCUT2D eigenvalue weighted by atomic mass is 19.4. The number of aryl methyl sites for hydroxylation is 1. The summed E-state index contributed by atoms with van der Waals surface area (Å²) in [5, 5.41) is 4.79. The summed E-state index contributed by atoms with van der Waals surface area (Å²) in [7, 11) is 3.00. The second-order valence-corrected chi connectivity index (χ2v) is 5.81. The predicted octanol–water partition coefficient (Wildman–Crippen LogP) is 1.90. The lowest BCUT2D eigenvalue weighted by atomic mass is 10.2. The number of nitrogens with zero attached hydrogens (tertiary/aromatic N) is 5. The Morgan fingerprint density at radius 1 is 1.07 bits per heavy atom. The summed E-state index contributed by atoms with van der Waals surface area (Å²) in [6.07, 6.45) is -0.907. The van der Waals surface area contributed by atoms with Crippen molar-refractivity contribution in [3.63, 3.8) is 0 Å². The van der Waals surface area contributed by atoms with E-state index >= 15 is 0 Å². The SMILES string of the molecule is CNC(=O)c1ccc(NC(=O)c2cc(C(F)(F)F)nc(-c3cncn3C)n2)cn1. The molecule has 3 heterocycles. The van der Waals surface area contributed by atoms with Gasteiger partial charge in [0.05, 0.1) is 24.4 Å². The highest BCUT2D eigenvalue weighted by molar-refractivity contribution is 6.03. The molecule has 0 aliphatic heterocycles. The Morgan fingerprint density at radius 2 is 1.83 bits per heavy atom. The molecule has 0 bridgehead atoms. The zero-order valence-corrected chi connectivity index (χ0v) is 15.2. The van der Waals surface area contributed by atoms with Gasteiger partial charge in [0.2, 0.25) is 0 Å². The molecule has 3 rings (SSSR count). The molecule has 2 N–H and O–H groups in total. The predicted molar refractivity (Wildman–Crippen MR) is 94.8 cm³/mol. The molecule has 3 aromatic heterocycles. The first-order valence-electron chi connectivity index (χ1n) is 8.11. The maximum atomic E-state index is 13.2. The second kappa shape index (κ2) is 7.66. The van der Waals surface area contributed by atoms with Crippen molar-refractivity contribution in [3.05, 3.63) is 54.0 Å². The highest BCUT2D eigenvalue weighted by Gasteiger charge is 2.34. The molecule has 9 nitrogen and oxygen atoms in total. The minimum Gasteiger partial charge on any atom is -0.354 e. The Labute approximate surface area is 162 Å². The smallest absolute Gasteiger partial charge is 0.354 e. The number of alkyl halides is 3. The van der Waals surface area contributed by atoms with E-state index in [1.165, 1.54) is 42.5 Å². The first-order chi connectivity index (χ1) is 13.7. The van der Waals surface area contributed by atoms with E-state index in [9.17, 15) is 22.8 Å². The molecule has 0 spiro atoms. The van der Waals surface area contributed by atoms with Gasteiger partial charge in [-0.1, -0.05) is 0 Å². The molecule has 0 saturated carbocycles. The molecule has 0 atom stereocenters. The zero-order valence-electron chi connectivity index (χ0n) is 15.2. The van der Waals surface area contributed by atoms with Gasteiger partial charge in [0.1, 0.15) is 22.8 Å². The molecule has 0 aliphatic rings. The summed E-state index contributed by atoms with van der Waals surface area (Å²) < 4.78 is 41.2. The van der Waals surface area contributed by atoms with Crippen LogP contribution in [0, 0.1) is 0 Å². The van der Waals surface area contributed by atoms with Crippen molar-refractivity contribution in [1.29, 1.82) is 0 Å². The Morgan fingerprint density at radius 3 is 2.38 bits per heavy atom. The lowest BCUT2D eigenvalue weighted by molar-refractivity contribution is -0.141. The maximum absolute atomic E-state index is 13.2. The van der Waals surface area contributed by atoms with Crippen LogP contribution in [0.25, 0.3) is 11.5 Å². The average Bonchev–Trinajstić information content (AvgIpc) is 3.13. The van der Waals surface area contributed by atoms with E-state index in [1.54, 1.807) is 7.05 Å². The quantitative estimate of drug-likeness (QED) is 0.685. The van der Waals surface area contributed by atoms with Gasteiger partial charge in [-0.05, 0) is 12.1 Å². The Balaban J connectivity index is 1.93. The zero-order chi connectivity index (χ0) is 21.2. The second-order valence-electron chi connectivity index (χ2n) is 5.81. The minimum absolute atomic E-state index is 0.116. The Kier molecular flexibility index (Phi) is 5.26. The topological polar surface area (TPSA) is 115 Å². The van der Waals surface area contributed by atoms with Crippen molar-refractivity contribution in [2.75, 3.05) is 12.4 Å². The van der Waals surface area contributed by atoms with Crippen LogP contribution < -0.4 is 10.6 Å². The monoisotopic (exact) mass is 405 g/mol. The number of carbonyl (C=O) groups is 2. The number of imidazole rings is 1. The molecule has 0 radical (unpaired) electrons. The van der Waals surface area contributed by atoms with Crippen molar-refractivity contribution < 1.29 is 22.8 Å². The molecule has 0 aliphatic carbocycles. The standard InChI is InChI=1S/C17H14F3N7O2/c1-21-15(28)10-4-3-9(6-23-10)24-16(29)11-5-13(17(18,19)20)26-14(25-11)12-7-22-8-27(12)2/h3-8H,1-2H3,(H,21,28)(H,24,29). The van der Waals surface area contributed by atoms with Crippen LogP contribution in [0.5, 0.6) is 0 Å². The molecule has 29 heavy (non-hydrogen) atoms. The molecule has 0 unspecified atom stereocenters. The number of anilines is 1. The lowest BCUT2D eigenvalue weighted by Crippen LogP contribution is -2.20. The van der Waals surface area contributed by atoms with E-state index in [0.29, 0.717) is 6.07 Å². The summed E-state index contributed by atoms with van der Waals surface area (Å²) in [6, 6.07) is 3.31. The first kappa shape index (κ1) is 19.9. The summed E-state index contributed by atoms with van der Waals surface area (Å²) in [5.74, 6) is -1.61. The molecule has 150 valence electrons. The molecule has 0 saturated heterocycles. The Bertz CT molecular complexity index is 1060. The van der Waals surface area contributed by atoms with Crippen molar-refractivity contribution in [2.45, 2.75) is 6.18 Å². The summed E-state index contributed by atoms with van der Waals surface area (Å²) in [5.41, 5.74) is -1.25. The third-order valence-electron chi connectivity index (χ3n) is 3.78. The van der Waals surface area contributed by atoms with Crippen LogP contribution in [0.4, 0.5) is 18.9 Å². The van der Waals surface area contributed by atoms with Gasteiger partial charge in [-0.15, -0.1) is 0 Å². The summed E-state index contributed by atoms with van der Waals surface area (Å²) in [6.45, 7) is 0. The van der Waals surface area contributed by atoms with Gasteiger partial charge in [0, 0.05) is 20.2 Å². The molecule has 12 heteroatoms. The number of halogens is 3. The molecule has 0 fully saturated rings. The normalized spacial score (nSPS) is 11.2. The van der Waals surface area contributed by atoms with Crippen molar-refractivity contribution >= 4 is 17.5 Å². The third-order valence-corrected chi connectivity index (χ3v) is 3.78. The number of carbonyl (C=O) groups excluding carboxylic acids is 2. The van der Waals surface area contributed by atoms with E-state index in [-0.39, 0.29) is 22.9 Å². The fraction of sp³-hybridized carbons (Fsp3) is 0.176. The largest absolute Gasteiger partial charge is 0.433 e. The number of rotatable bonds is 4. The van der Waals surface area contributed by atoms with E-state index in [2.05, 4.69) is 30.6 Å². The number of hydrogen-bond acceptors (Lipinski definition) is 6. The van der Waals surface area contributed by atoms with Crippen LogP contribution in [-0.4, -0.2) is 43.4 Å².